The van der Waals surface area contributed by atoms with Gasteiger partial charge < -0.3 is 19.7 Å². The number of nitrogens with zero attached hydrogens (tertiary/aromatic N) is 2. The summed E-state index contributed by atoms with van der Waals surface area (Å²) in [6.45, 7) is 7.68. The fourth-order valence-corrected chi connectivity index (χ4v) is 2.81. The van der Waals surface area contributed by atoms with Crippen LogP contribution in [0.1, 0.15) is 30.9 Å². The Labute approximate surface area is 169 Å². The number of nitrogens with one attached hydrogen (secondary N) is 1. The first-order valence-electron chi connectivity index (χ1n) is 9.03. The van der Waals surface area contributed by atoms with Crippen molar-refractivity contribution in [1.82, 2.24) is 10.2 Å². The molecule has 0 aliphatic carbocycles. The van der Waals surface area contributed by atoms with E-state index in [1.54, 1.807) is 0 Å². The van der Waals surface area contributed by atoms with Crippen LogP contribution in [-0.2, 0) is 22.4 Å². The summed E-state index contributed by atoms with van der Waals surface area (Å²) in [5.41, 5.74) is 2.85. The smallest absolute Gasteiger partial charge is 0.194 e. The van der Waals surface area contributed by atoms with Crippen molar-refractivity contribution in [3.63, 3.8) is 0 Å². The van der Waals surface area contributed by atoms with Crippen LogP contribution < -0.4 is 5.32 Å². The monoisotopic (exact) mass is 461 g/mol. The van der Waals surface area contributed by atoms with Crippen LogP contribution in [0.15, 0.2) is 29.3 Å². The predicted molar refractivity (Wildman–Crippen MR) is 114 cm³/mol. The molecule has 0 atom stereocenters. The molecular weight excluding hydrogens is 429 g/mol. The molecule has 0 saturated carbocycles. The van der Waals surface area contributed by atoms with Gasteiger partial charge >= 0.3 is 0 Å². The molecule has 5 nitrogen and oxygen atoms in total. The minimum absolute atomic E-state index is 0. The Bertz CT molecular complexity index is 511. The molecule has 1 aromatic carbocycles. The number of hydrogen-bond acceptors (Lipinski definition) is 3. The maximum absolute atomic E-state index is 5.59. The molecule has 0 bridgehead atoms. The minimum Gasteiger partial charge on any atom is -0.379 e. The lowest BCUT2D eigenvalue weighted by atomic mass is 10.0. The van der Waals surface area contributed by atoms with E-state index >= 15 is 0 Å². The van der Waals surface area contributed by atoms with Crippen molar-refractivity contribution in [2.45, 2.75) is 32.7 Å². The number of aliphatic imine (C=N–C) groups is 1. The third-order valence-corrected chi connectivity index (χ3v) is 4.19. The standard InChI is InChI=1S/C19H31N3O2.HI/c1-3-4-12-23-14-15-24-13-10-21-19(20-2)22-11-9-17-7-5-6-8-18(17)16-22;/h5-8H,3-4,9-16H2,1-2H3,(H,20,21);1H. The first-order chi connectivity index (χ1) is 11.8. The molecule has 2 rings (SSSR count). The lowest BCUT2D eigenvalue weighted by Crippen LogP contribution is -2.45. The molecule has 1 N–H and O–H groups in total. The van der Waals surface area contributed by atoms with Crippen molar-refractivity contribution in [3.05, 3.63) is 35.4 Å². The van der Waals surface area contributed by atoms with Gasteiger partial charge in [-0.25, -0.2) is 0 Å². The Morgan fingerprint density at radius 3 is 2.56 bits per heavy atom. The number of hydrogen-bond donors (Lipinski definition) is 1. The predicted octanol–water partition coefficient (Wildman–Crippen LogP) is 3.07. The van der Waals surface area contributed by atoms with Crippen LogP contribution in [-0.4, -0.2) is 57.4 Å². The average molecular weight is 461 g/mol. The molecule has 0 fully saturated rings. The molecule has 25 heavy (non-hydrogen) atoms. The van der Waals surface area contributed by atoms with Crippen LogP contribution >= 0.6 is 24.0 Å². The number of unbranched alkanes of at least 4 members (excludes halogenated alkanes) is 1. The Kier molecular flexibility index (Phi) is 11.9. The van der Waals surface area contributed by atoms with Gasteiger partial charge in [-0.15, -0.1) is 24.0 Å². The van der Waals surface area contributed by atoms with E-state index in [0.29, 0.717) is 19.8 Å². The van der Waals surface area contributed by atoms with Gasteiger partial charge in [-0.3, -0.25) is 4.99 Å². The number of ether oxygens (including phenoxy) is 2. The number of benzene rings is 1. The second-order valence-corrected chi connectivity index (χ2v) is 5.99. The summed E-state index contributed by atoms with van der Waals surface area (Å²) in [6, 6.07) is 8.65. The molecule has 1 aromatic rings. The SMILES string of the molecule is CCCCOCCOCCNC(=NC)N1CCc2ccccc2C1.I. The van der Waals surface area contributed by atoms with Crippen molar-refractivity contribution in [2.24, 2.45) is 4.99 Å². The molecule has 6 heteroatoms. The van der Waals surface area contributed by atoms with Gasteiger partial charge in [0.05, 0.1) is 19.8 Å². The van der Waals surface area contributed by atoms with Gasteiger partial charge in [0.15, 0.2) is 5.96 Å². The Morgan fingerprint density at radius 2 is 1.84 bits per heavy atom. The highest BCUT2D eigenvalue weighted by Gasteiger charge is 2.18. The van der Waals surface area contributed by atoms with E-state index in [4.69, 9.17) is 9.47 Å². The van der Waals surface area contributed by atoms with E-state index in [0.717, 1.165) is 45.0 Å². The van der Waals surface area contributed by atoms with Gasteiger partial charge in [0.25, 0.3) is 0 Å². The second kappa shape index (κ2) is 13.4. The summed E-state index contributed by atoms with van der Waals surface area (Å²) < 4.78 is 11.1. The van der Waals surface area contributed by atoms with Crippen molar-refractivity contribution >= 4 is 29.9 Å². The van der Waals surface area contributed by atoms with Crippen LogP contribution in [0, 0.1) is 0 Å². The number of rotatable bonds is 9. The van der Waals surface area contributed by atoms with Crippen LogP contribution in [0.3, 0.4) is 0 Å². The van der Waals surface area contributed by atoms with Crippen LogP contribution in [0.2, 0.25) is 0 Å². The molecule has 0 spiro atoms. The zero-order valence-corrected chi connectivity index (χ0v) is 17.8. The van der Waals surface area contributed by atoms with Gasteiger partial charge in [0.1, 0.15) is 0 Å². The number of fused-ring (bicyclic) bond motifs is 1. The Morgan fingerprint density at radius 1 is 1.12 bits per heavy atom. The topological polar surface area (TPSA) is 46.1 Å². The minimum atomic E-state index is 0. The molecule has 1 aliphatic rings. The molecule has 1 heterocycles. The van der Waals surface area contributed by atoms with Crippen molar-refractivity contribution in [3.8, 4) is 0 Å². The van der Waals surface area contributed by atoms with Crippen LogP contribution in [0.25, 0.3) is 0 Å². The highest BCUT2D eigenvalue weighted by Crippen LogP contribution is 2.18. The third-order valence-electron chi connectivity index (χ3n) is 4.19. The van der Waals surface area contributed by atoms with Gasteiger partial charge in [0.2, 0.25) is 0 Å². The summed E-state index contributed by atoms with van der Waals surface area (Å²) in [7, 11) is 1.84. The summed E-state index contributed by atoms with van der Waals surface area (Å²) in [5.74, 6) is 0.951. The third kappa shape index (κ3) is 7.92. The van der Waals surface area contributed by atoms with Crippen molar-refractivity contribution in [2.75, 3.05) is 46.6 Å². The molecule has 142 valence electrons. The quantitative estimate of drug-likeness (QED) is 0.266. The normalized spacial score (nSPS) is 14.0. The van der Waals surface area contributed by atoms with Crippen molar-refractivity contribution < 1.29 is 9.47 Å². The largest absolute Gasteiger partial charge is 0.379 e. The van der Waals surface area contributed by atoms with E-state index in [-0.39, 0.29) is 24.0 Å². The van der Waals surface area contributed by atoms with Gasteiger partial charge in [-0.05, 0) is 24.0 Å². The number of guanidine groups is 1. The molecule has 0 saturated heterocycles. The van der Waals surface area contributed by atoms with Gasteiger partial charge in [-0.2, -0.15) is 0 Å². The second-order valence-electron chi connectivity index (χ2n) is 5.99. The van der Waals surface area contributed by atoms with E-state index in [2.05, 4.69) is 46.4 Å². The van der Waals surface area contributed by atoms with Crippen LogP contribution in [0.4, 0.5) is 0 Å². The van der Waals surface area contributed by atoms with Gasteiger partial charge in [0, 0.05) is 33.3 Å². The molecule has 0 unspecified atom stereocenters. The molecule has 0 aromatic heterocycles. The van der Waals surface area contributed by atoms with E-state index < -0.39 is 0 Å². The molecule has 1 aliphatic heterocycles. The fourth-order valence-electron chi connectivity index (χ4n) is 2.81. The summed E-state index contributed by atoms with van der Waals surface area (Å²) in [4.78, 5) is 6.71. The van der Waals surface area contributed by atoms with Crippen LogP contribution in [0.5, 0.6) is 0 Å². The van der Waals surface area contributed by atoms with Gasteiger partial charge in [-0.1, -0.05) is 37.6 Å². The number of halogens is 1. The maximum atomic E-state index is 5.59. The zero-order chi connectivity index (χ0) is 17.0. The molecule has 0 radical (unpaired) electrons. The highest BCUT2D eigenvalue weighted by atomic mass is 127. The lowest BCUT2D eigenvalue weighted by Gasteiger charge is -2.31. The van der Waals surface area contributed by atoms with E-state index in [9.17, 15) is 0 Å². The summed E-state index contributed by atoms with van der Waals surface area (Å²) >= 11 is 0. The first-order valence-corrected chi connectivity index (χ1v) is 9.03. The lowest BCUT2D eigenvalue weighted by molar-refractivity contribution is 0.0486. The van der Waals surface area contributed by atoms with Crippen molar-refractivity contribution in [1.29, 1.82) is 0 Å². The molecule has 0 amide bonds. The summed E-state index contributed by atoms with van der Waals surface area (Å²) in [5, 5.41) is 3.39. The Balaban J connectivity index is 0.00000312. The highest BCUT2D eigenvalue weighted by molar-refractivity contribution is 14.0. The first kappa shape index (κ1) is 22.2. The maximum Gasteiger partial charge on any atom is 0.194 e. The van der Waals surface area contributed by atoms with E-state index in [1.807, 2.05) is 7.05 Å². The zero-order valence-electron chi connectivity index (χ0n) is 15.5. The van der Waals surface area contributed by atoms with E-state index in [1.165, 1.54) is 17.5 Å². The fraction of sp³-hybridized carbons (Fsp3) is 0.632. The summed E-state index contributed by atoms with van der Waals surface area (Å²) in [6.07, 6.45) is 3.37. The molecular formula is C19H32IN3O2. The Hall–Kier alpha value is -0.860. The average Bonchev–Trinajstić information content (AvgIpc) is 2.63.